The van der Waals surface area contributed by atoms with E-state index in [1.54, 1.807) is 42.5 Å². The number of nitrogens with zero attached hydrogens (tertiary/aromatic N) is 1. The van der Waals surface area contributed by atoms with Crippen LogP contribution >= 0.6 is 15.9 Å². The highest BCUT2D eigenvalue weighted by Gasteiger charge is 2.12. The van der Waals surface area contributed by atoms with Crippen molar-refractivity contribution in [3.8, 4) is 6.07 Å². The normalized spacial score (nSPS) is 11.6. The number of hydrogen-bond acceptors (Lipinski definition) is 3. The molecule has 0 aliphatic heterocycles. The highest BCUT2D eigenvalue weighted by molar-refractivity contribution is 9.10. The van der Waals surface area contributed by atoms with Crippen LogP contribution in [0.2, 0.25) is 0 Å². The fourth-order valence-electron chi connectivity index (χ4n) is 1.63. The lowest BCUT2D eigenvalue weighted by atomic mass is 10.1. The Morgan fingerprint density at radius 3 is 2.50 bits per heavy atom. The average Bonchev–Trinajstić information content (AvgIpc) is 2.47. The van der Waals surface area contributed by atoms with E-state index in [0.717, 1.165) is 4.47 Å². The predicted octanol–water partition coefficient (Wildman–Crippen LogP) is 3.31. The van der Waals surface area contributed by atoms with Gasteiger partial charge in [0.25, 0.3) is 0 Å². The molecule has 0 aromatic heterocycles. The van der Waals surface area contributed by atoms with Crippen LogP contribution in [0.25, 0.3) is 0 Å². The molecule has 0 fully saturated rings. The summed E-state index contributed by atoms with van der Waals surface area (Å²) in [6, 6.07) is 15.4. The standard InChI is InChI=1S/C15H10BrNO2S/c16-13-2-1-3-14(8-13)20(19)10-15(18)12-6-4-11(9-17)5-7-12/h1-8H,10H2. The Morgan fingerprint density at radius 1 is 1.20 bits per heavy atom. The van der Waals surface area contributed by atoms with Crippen LogP contribution in [-0.4, -0.2) is 15.7 Å². The summed E-state index contributed by atoms with van der Waals surface area (Å²) in [5, 5.41) is 8.70. The van der Waals surface area contributed by atoms with Crippen molar-refractivity contribution < 1.29 is 9.00 Å². The molecular weight excluding hydrogens is 338 g/mol. The topological polar surface area (TPSA) is 57.9 Å². The lowest BCUT2D eigenvalue weighted by molar-refractivity contribution is 0.102. The summed E-state index contributed by atoms with van der Waals surface area (Å²) in [4.78, 5) is 12.6. The summed E-state index contributed by atoms with van der Waals surface area (Å²) in [6.45, 7) is 0. The zero-order valence-corrected chi connectivity index (χ0v) is 12.8. The van der Waals surface area contributed by atoms with Crippen molar-refractivity contribution in [2.45, 2.75) is 4.90 Å². The molecule has 100 valence electrons. The van der Waals surface area contributed by atoms with Crippen LogP contribution in [0.5, 0.6) is 0 Å². The first-order valence-electron chi connectivity index (χ1n) is 5.77. The molecule has 0 heterocycles. The number of Topliss-reactive ketones (excluding diaryl/α,β-unsaturated/α-hetero) is 1. The Hall–Kier alpha value is -1.77. The molecule has 2 aromatic carbocycles. The van der Waals surface area contributed by atoms with Crippen LogP contribution in [0.15, 0.2) is 57.9 Å². The van der Waals surface area contributed by atoms with E-state index in [-0.39, 0.29) is 11.5 Å². The summed E-state index contributed by atoms with van der Waals surface area (Å²) >= 11 is 3.31. The average molecular weight is 348 g/mol. The van der Waals surface area contributed by atoms with Gasteiger partial charge in [-0.2, -0.15) is 5.26 Å². The first-order valence-corrected chi connectivity index (χ1v) is 7.88. The number of halogens is 1. The van der Waals surface area contributed by atoms with Gasteiger partial charge >= 0.3 is 0 Å². The van der Waals surface area contributed by atoms with E-state index in [2.05, 4.69) is 15.9 Å². The van der Waals surface area contributed by atoms with Gasteiger partial charge in [0.2, 0.25) is 0 Å². The first kappa shape index (κ1) is 14.6. The molecule has 20 heavy (non-hydrogen) atoms. The fraction of sp³-hybridized carbons (Fsp3) is 0.0667. The molecule has 0 saturated heterocycles. The molecule has 0 amide bonds. The lowest BCUT2D eigenvalue weighted by Gasteiger charge is -2.03. The highest BCUT2D eigenvalue weighted by Crippen LogP contribution is 2.16. The number of benzene rings is 2. The third-order valence-corrected chi connectivity index (χ3v) is 4.45. The molecule has 1 unspecified atom stereocenters. The molecule has 0 N–H and O–H groups in total. The monoisotopic (exact) mass is 347 g/mol. The summed E-state index contributed by atoms with van der Waals surface area (Å²) < 4.78 is 12.9. The molecule has 2 rings (SSSR count). The summed E-state index contributed by atoms with van der Waals surface area (Å²) in [5.41, 5.74) is 0.960. The van der Waals surface area contributed by atoms with E-state index in [1.807, 2.05) is 12.1 Å². The van der Waals surface area contributed by atoms with Gasteiger partial charge in [0.1, 0.15) is 0 Å². The third kappa shape index (κ3) is 3.62. The number of ketones is 1. The first-order chi connectivity index (χ1) is 9.60. The smallest absolute Gasteiger partial charge is 0.175 e. The molecule has 0 spiro atoms. The van der Waals surface area contributed by atoms with E-state index in [9.17, 15) is 9.00 Å². The van der Waals surface area contributed by atoms with E-state index in [1.165, 1.54) is 0 Å². The van der Waals surface area contributed by atoms with Crippen molar-refractivity contribution in [2.75, 3.05) is 5.75 Å². The number of rotatable bonds is 4. The van der Waals surface area contributed by atoms with Crippen molar-refractivity contribution in [1.29, 1.82) is 5.26 Å². The van der Waals surface area contributed by atoms with Gasteiger partial charge in [-0.15, -0.1) is 0 Å². The van der Waals surface area contributed by atoms with Gasteiger partial charge in [0.15, 0.2) is 5.78 Å². The highest BCUT2D eigenvalue weighted by atomic mass is 79.9. The molecule has 5 heteroatoms. The largest absolute Gasteiger partial charge is 0.293 e. The second-order valence-corrected chi connectivity index (χ2v) is 6.43. The molecule has 3 nitrogen and oxygen atoms in total. The third-order valence-electron chi connectivity index (χ3n) is 2.66. The lowest BCUT2D eigenvalue weighted by Crippen LogP contribution is -2.11. The minimum atomic E-state index is -1.38. The minimum Gasteiger partial charge on any atom is -0.293 e. The molecule has 0 radical (unpaired) electrons. The van der Waals surface area contributed by atoms with Gasteiger partial charge in [-0.05, 0) is 30.3 Å². The van der Waals surface area contributed by atoms with E-state index in [4.69, 9.17) is 5.26 Å². The zero-order valence-electron chi connectivity index (χ0n) is 10.4. The molecule has 0 bridgehead atoms. The van der Waals surface area contributed by atoms with Crippen molar-refractivity contribution in [3.05, 3.63) is 64.1 Å². The van der Waals surface area contributed by atoms with Crippen molar-refractivity contribution in [1.82, 2.24) is 0 Å². The van der Waals surface area contributed by atoms with Crippen LogP contribution in [0.4, 0.5) is 0 Å². The van der Waals surface area contributed by atoms with Crippen LogP contribution in [0.3, 0.4) is 0 Å². The number of carbonyl (C=O) groups excluding carboxylic acids is 1. The summed E-state index contributed by atoms with van der Waals surface area (Å²) in [7, 11) is -1.38. The summed E-state index contributed by atoms with van der Waals surface area (Å²) in [6.07, 6.45) is 0. The van der Waals surface area contributed by atoms with Gasteiger partial charge < -0.3 is 0 Å². The van der Waals surface area contributed by atoms with Crippen LogP contribution < -0.4 is 0 Å². The Kier molecular flexibility index (Phi) is 4.83. The fourth-order valence-corrected chi connectivity index (χ4v) is 3.24. The van der Waals surface area contributed by atoms with Crippen molar-refractivity contribution in [2.24, 2.45) is 0 Å². The molecule has 1 atom stereocenters. The van der Waals surface area contributed by atoms with Crippen LogP contribution in [-0.2, 0) is 10.8 Å². The summed E-state index contributed by atoms with van der Waals surface area (Å²) in [5.74, 6) is -0.268. The number of carbonyl (C=O) groups is 1. The van der Waals surface area contributed by atoms with Gasteiger partial charge in [0, 0.05) is 14.9 Å². The Bertz CT molecular complexity index is 705. The van der Waals surface area contributed by atoms with E-state index >= 15 is 0 Å². The van der Waals surface area contributed by atoms with Crippen LogP contribution in [0.1, 0.15) is 15.9 Å². The molecule has 0 aliphatic rings. The molecular formula is C15H10BrNO2S. The van der Waals surface area contributed by atoms with Crippen molar-refractivity contribution >= 4 is 32.5 Å². The van der Waals surface area contributed by atoms with Crippen LogP contribution in [0, 0.1) is 11.3 Å². The van der Waals surface area contributed by atoms with Gasteiger partial charge in [-0.25, -0.2) is 0 Å². The van der Waals surface area contributed by atoms with Crippen molar-refractivity contribution in [3.63, 3.8) is 0 Å². The van der Waals surface area contributed by atoms with E-state index < -0.39 is 10.8 Å². The second-order valence-electron chi connectivity index (χ2n) is 4.06. The Balaban J connectivity index is 2.11. The van der Waals surface area contributed by atoms with Gasteiger partial charge in [-0.3, -0.25) is 9.00 Å². The second kappa shape index (κ2) is 6.60. The molecule has 0 saturated carbocycles. The maximum atomic E-state index is 12.1. The SMILES string of the molecule is N#Cc1ccc(C(=O)CS(=O)c2cccc(Br)c2)cc1. The Labute approximate surface area is 127 Å². The number of nitriles is 1. The minimum absolute atomic E-state index is 0.0671. The zero-order chi connectivity index (χ0) is 14.5. The Morgan fingerprint density at radius 2 is 1.90 bits per heavy atom. The maximum absolute atomic E-state index is 12.1. The molecule has 2 aromatic rings. The van der Waals surface area contributed by atoms with Gasteiger partial charge in [0.05, 0.1) is 28.2 Å². The number of hydrogen-bond donors (Lipinski definition) is 0. The predicted molar refractivity (Wildman–Crippen MR) is 80.9 cm³/mol. The maximum Gasteiger partial charge on any atom is 0.175 e. The van der Waals surface area contributed by atoms with E-state index in [0.29, 0.717) is 16.0 Å². The molecule has 0 aliphatic carbocycles. The van der Waals surface area contributed by atoms with Gasteiger partial charge in [-0.1, -0.05) is 34.1 Å². The quantitative estimate of drug-likeness (QED) is 0.797.